The topological polar surface area (TPSA) is 40.5 Å². The lowest BCUT2D eigenvalue weighted by Gasteiger charge is -2.27. The molecule has 0 fully saturated rings. The lowest BCUT2D eigenvalue weighted by Crippen LogP contribution is -2.19. The van der Waals surface area contributed by atoms with Crippen molar-refractivity contribution in [2.24, 2.45) is 0 Å². The van der Waals surface area contributed by atoms with Gasteiger partial charge >= 0.3 is 0 Å². The molecule has 0 amide bonds. The van der Waals surface area contributed by atoms with Crippen LogP contribution in [0.5, 0.6) is 0 Å². The maximum absolute atomic E-state index is 9.17. The lowest BCUT2D eigenvalue weighted by atomic mass is 9.78. The van der Waals surface area contributed by atoms with Gasteiger partial charge in [-0.05, 0) is 41.9 Å². The van der Waals surface area contributed by atoms with Gasteiger partial charge < -0.3 is 10.2 Å². The van der Waals surface area contributed by atoms with E-state index < -0.39 is 0 Å². The molecule has 1 aromatic rings. The van der Waals surface area contributed by atoms with Crippen molar-refractivity contribution in [2.75, 3.05) is 13.2 Å². The van der Waals surface area contributed by atoms with Crippen molar-refractivity contribution in [3.63, 3.8) is 0 Å². The Morgan fingerprint density at radius 2 is 1.35 bits per heavy atom. The summed E-state index contributed by atoms with van der Waals surface area (Å²) in [5.41, 5.74) is 4.95. The zero-order valence-corrected chi connectivity index (χ0v) is 11.4. The zero-order valence-electron chi connectivity index (χ0n) is 11.4. The third-order valence-electron chi connectivity index (χ3n) is 2.96. The van der Waals surface area contributed by atoms with Gasteiger partial charge in [0, 0.05) is 13.2 Å². The maximum atomic E-state index is 9.17. The molecular weight excluding hydrogens is 212 g/mol. The molecule has 1 aromatic carbocycles. The Hall–Kier alpha value is -0.860. The molecule has 0 heterocycles. The fourth-order valence-electron chi connectivity index (χ4n) is 2.54. The van der Waals surface area contributed by atoms with Gasteiger partial charge in [0.2, 0.25) is 0 Å². The Kier molecular flexibility index (Phi) is 4.72. The first-order chi connectivity index (χ1) is 7.90. The van der Waals surface area contributed by atoms with Crippen molar-refractivity contribution in [1.82, 2.24) is 0 Å². The average molecular weight is 236 g/mol. The van der Waals surface area contributed by atoms with Gasteiger partial charge in [-0.3, -0.25) is 0 Å². The molecule has 0 aliphatic carbocycles. The summed E-state index contributed by atoms with van der Waals surface area (Å²) in [6.45, 7) is 8.95. The van der Waals surface area contributed by atoms with Gasteiger partial charge in [0.05, 0.1) is 0 Å². The van der Waals surface area contributed by atoms with E-state index in [1.165, 1.54) is 22.3 Å². The summed E-state index contributed by atoms with van der Waals surface area (Å²) in [5.74, 6) is 0. The standard InChI is InChI=1S/C15H24O2/c1-11-9-12(5-7-16)14(15(2,3)4)13(10-11)6-8-17/h9-10,16-17H,5-8H2,1-4H3. The number of hydrogen-bond acceptors (Lipinski definition) is 2. The van der Waals surface area contributed by atoms with Crippen LogP contribution in [0.25, 0.3) is 0 Å². The molecule has 0 spiro atoms. The third-order valence-corrected chi connectivity index (χ3v) is 2.96. The minimum atomic E-state index is 0.0444. The van der Waals surface area contributed by atoms with Gasteiger partial charge in [-0.1, -0.05) is 38.5 Å². The minimum Gasteiger partial charge on any atom is -0.396 e. The van der Waals surface area contributed by atoms with E-state index in [0.717, 1.165) is 0 Å². The Bertz CT molecular complexity index is 348. The first-order valence-corrected chi connectivity index (χ1v) is 6.24. The molecule has 0 saturated carbocycles. The molecule has 0 aromatic heterocycles. The second-order valence-corrected chi connectivity index (χ2v) is 5.66. The van der Waals surface area contributed by atoms with Crippen LogP contribution in [0.2, 0.25) is 0 Å². The quantitative estimate of drug-likeness (QED) is 0.842. The van der Waals surface area contributed by atoms with E-state index in [-0.39, 0.29) is 18.6 Å². The first kappa shape index (κ1) is 14.2. The minimum absolute atomic E-state index is 0.0444. The van der Waals surface area contributed by atoms with E-state index in [1.54, 1.807) is 0 Å². The number of hydrogen-bond donors (Lipinski definition) is 2. The van der Waals surface area contributed by atoms with Gasteiger partial charge in [-0.15, -0.1) is 0 Å². The highest BCUT2D eigenvalue weighted by Crippen LogP contribution is 2.31. The predicted molar refractivity (Wildman–Crippen MR) is 71.5 cm³/mol. The van der Waals surface area contributed by atoms with Crippen molar-refractivity contribution in [3.8, 4) is 0 Å². The Balaban J connectivity index is 3.36. The molecule has 0 atom stereocenters. The Morgan fingerprint density at radius 3 is 1.65 bits per heavy atom. The summed E-state index contributed by atoms with van der Waals surface area (Å²) < 4.78 is 0. The summed E-state index contributed by atoms with van der Waals surface area (Å²) in [6.07, 6.45) is 1.37. The molecule has 0 radical (unpaired) electrons. The maximum Gasteiger partial charge on any atom is 0.0471 e. The molecular formula is C15H24O2. The summed E-state index contributed by atoms with van der Waals surface area (Å²) in [6, 6.07) is 4.30. The molecule has 2 nitrogen and oxygen atoms in total. The molecule has 0 bridgehead atoms. The average Bonchev–Trinajstić information content (AvgIpc) is 2.15. The predicted octanol–water partition coefficient (Wildman–Crippen LogP) is 2.36. The third kappa shape index (κ3) is 3.55. The Labute approximate surface area is 104 Å². The summed E-state index contributed by atoms with van der Waals surface area (Å²) in [5, 5.41) is 18.3. The molecule has 96 valence electrons. The second-order valence-electron chi connectivity index (χ2n) is 5.66. The monoisotopic (exact) mass is 236 g/mol. The molecule has 0 unspecified atom stereocenters. The molecule has 2 N–H and O–H groups in total. The van der Waals surface area contributed by atoms with Crippen LogP contribution in [0.15, 0.2) is 12.1 Å². The van der Waals surface area contributed by atoms with E-state index in [9.17, 15) is 10.2 Å². The number of aryl methyl sites for hydroxylation is 1. The molecule has 0 aliphatic rings. The highest BCUT2D eigenvalue weighted by Gasteiger charge is 2.21. The van der Waals surface area contributed by atoms with Gasteiger partial charge in [0.15, 0.2) is 0 Å². The number of benzene rings is 1. The molecule has 17 heavy (non-hydrogen) atoms. The van der Waals surface area contributed by atoms with E-state index in [1.807, 2.05) is 0 Å². The van der Waals surface area contributed by atoms with Gasteiger partial charge in [-0.2, -0.15) is 0 Å². The van der Waals surface area contributed by atoms with Gasteiger partial charge in [0.25, 0.3) is 0 Å². The van der Waals surface area contributed by atoms with Crippen LogP contribution in [0, 0.1) is 6.92 Å². The highest BCUT2D eigenvalue weighted by molar-refractivity contribution is 5.43. The number of aliphatic hydroxyl groups is 2. The van der Waals surface area contributed by atoms with Gasteiger partial charge in [0.1, 0.15) is 0 Å². The van der Waals surface area contributed by atoms with Crippen LogP contribution >= 0.6 is 0 Å². The van der Waals surface area contributed by atoms with Crippen LogP contribution in [0.1, 0.15) is 43.0 Å². The molecule has 1 rings (SSSR count). The summed E-state index contributed by atoms with van der Waals surface area (Å²) >= 11 is 0. The van der Waals surface area contributed by atoms with Crippen LogP contribution in [0.3, 0.4) is 0 Å². The van der Waals surface area contributed by atoms with Crippen molar-refractivity contribution in [3.05, 3.63) is 34.4 Å². The van der Waals surface area contributed by atoms with Crippen molar-refractivity contribution in [2.45, 2.75) is 46.0 Å². The fourth-order valence-corrected chi connectivity index (χ4v) is 2.54. The van der Waals surface area contributed by atoms with Crippen molar-refractivity contribution in [1.29, 1.82) is 0 Å². The summed E-state index contributed by atoms with van der Waals surface area (Å²) in [7, 11) is 0. The lowest BCUT2D eigenvalue weighted by molar-refractivity contribution is 0.296. The smallest absolute Gasteiger partial charge is 0.0471 e. The summed E-state index contributed by atoms with van der Waals surface area (Å²) in [4.78, 5) is 0. The molecule has 0 saturated heterocycles. The normalized spacial score (nSPS) is 11.9. The fraction of sp³-hybridized carbons (Fsp3) is 0.600. The van der Waals surface area contributed by atoms with E-state index in [0.29, 0.717) is 12.8 Å². The second kappa shape index (κ2) is 5.65. The van der Waals surface area contributed by atoms with E-state index in [4.69, 9.17) is 0 Å². The van der Waals surface area contributed by atoms with Crippen LogP contribution < -0.4 is 0 Å². The van der Waals surface area contributed by atoms with E-state index >= 15 is 0 Å². The van der Waals surface area contributed by atoms with Gasteiger partial charge in [-0.25, -0.2) is 0 Å². The van der Waals surface area contributed by atoms with Crippen molar-refractivity contribution < 1.29 is 10.2 Å². The van der Waals surface area contributed by atoms with Crippen LogP contribution in [0.4, 0.5) is 0 Å². The highest BCUT2D eigenvalue weighted by atomic mass is 16.3. The van der Waals surface area contributed by atoms with E-state index in [2.05, 4.69) is 39.8 Å². The van der Waals surface area contributed by atoms with Crippen molar-refractivity contribution >= 4 is 0 Å². The largest absolute Gasteiger partial charge is 0.396 e. The number of aliphatic hydroxyl groups excluding tert-OH is 2. The van der Waals surface area contributed by atoms with Crippen LogP contribution in [-0.4, -0.2) is 23.4 Å². The Morgan fingerprint density at radius 1 is 0.941 bits per heavy atom. The molecule has 2 heteroatoms. The molecule has 0 aliphatic heterocycles. The number of rotatable bonds is 4. The van der Waals surface area contributed by atoms with Crippen LogP contribution in [-0.2, 0) is 18.3 Å². The zero-order chi connectivity index (χ0) is 13.1. The SMILES string of the molecule is Cc1cc(CCO)c(C(C)(C)C)c(CCO)c1. The first-order valence-electron chi connectivity index (χ1n) is 6.24.